The molecule has 2 aromatic carbocycles. The first-order chi connectivity index (χ1) is 15.0. The van der Waals surface area contributed by atoms with Crippen molar-refractivity contribution in [2.75, 3.05) is 25.5 Å². The van der Waals surface area contributed by atoms with E-state index in [1.807, 2.05) is 37.3 Å². The zero-order valence-electron chi connectivity index (χ0n) is 17.6. The summed E-state index contributed by atoms with van der Waals surface area (Å²) in [5.74, 6) is 1.57. The van der Waals surface area contributed by atoms with Gasteiger partial charge in [0.25, 0.3) is 0 Å². The number of amides is 1. The van der Waals surface area contributed by atoms with Crippen LogP contribution in [0.3, 0.4) is 0 Å². The van der Waals surface area contributed by atoms with Crippen molar-refractivity contribution in [1.82, 2.24) is 15.0 Å². The molecule has 8 heteroatoms. The molecule has 0 spiro atoms. The minimum atomic E-state index is -0.116. The Bertz CT molecular complexity index is 1070. The molecule has 162 valence electrons. The molecule has 31 heavy (non-hydrogen) atoms. The van der Waals surface area contributed by atoms with Crippen molar-refractivity contribution < 1.29 is 14.1 Å². The average molecular weight is 441 g/mol. The Balaban J connectivity index is 1.39. The maximum atomic E-state index is 12.9. The Hall–Kier alpha value is -2.90. The second-order valence-electron chi connectivity index (χ2n) is 7.79. The van der Waals surface area contributed by atoms with Gasteiger partial charge in [-0.05, 0) is 56.1 Å². The summed E-state index contributed by atoms with van der Waals surface area (Å²) >= 11 is 6.05. The molecule has 1 aromatic heterocycles. The number of rotatable bonds is 6. The number of benzene rings is 2. The van der Waals surface area contributed by atoms with E-state index in [1.165, 1.54) is 0 Å². The number of aryl methyl sites for hydroxylation is 1. The Labute approximate surface area is 186 Å². The number of nitrogens with one attached hydrogen (secondary N) is 1. The highest BCUT2D eigenvalue weighted by molar-refractivity contribution is 6.30. The SMILES string of the molecule is COc1ccc(C)cc1NC(=O)C1CCCN(Cc2nc(-c3cccc(Cl)c3)no2)C1. The highest BCUT2D eigenvalue weighted by Gasteiger charge is 2.27. The fourth-order valence-electron chi connectivity index (χ4n) is 3.82. The van der Waals surface area contributed by atoms with Crippen LogP contribution in [-0.4, -0.2) is 41.1 Å². The zero-order valence-corrected chi connectivity index (χ0v) is 18.4. The van der Waals surface area contributed by atoms with E-state index in [9.17, 15) is 4.79 Å². The third kappa shape index (κ3) is 5.24. The molecule has 1 fully saturated rings. The van der Waals surface area contributed by atoms with Gasteiger partial charge in [-0.1, -0.05) is 35.0 Å². The van der Waals surface area contributed by atoms with Gasteiger partial charge in [0, 0.05) is 17.1 Å². The van der Waals surface area contributed by atoms with Gasteiger partial charge < -0.3 is 14.6 Å². The molecule has 0 bridgehead atoms. The van der Waals surface area contributed by atoms with Crippen LogP contribution in [0.1, 0.15) is 24.3 Å². The lowest BCUT2D eigenvalue weighted by molar-refractivity contribution is -0.121. The van der Waals surface area contributed by atoms with E-state index < -0.39 is 0 Å². The molecule has 2 heterocycles. The van der Waals surface area contributed by atoms with Crippen LogP contribution >= 0.6 is 11.6 Å². The Morgan fingerprint density at radius 3 is 3.00 bits per heavy atom. The van der Waals surface area contributed by atoms with Gasteiger partial charge in [-0.25, -0.2) is 0 Å². The summed E-state index contributed by atoms with van der Waals surface area (Å²) < 4.78 is 10.8. The number of hydrogen-bond donors (Lipinski definition) is 1. The van der Waals surface area contributed by atoms with Crippen molar-refractivity contribution in [3.63, 3.8) is 0 Å². The zero-order chi connectivity index (χ0) is 21.8. The van der Waals surface area contributed by atoms with Crippen molar-refractivity contribution in [1.29, 1.82) is 0 Å². The molecule has 4 rings (SSSR count). The van der Waals surface area contributed by atoms with Gasteiger partial charge in [0.15, 0.2) is 0 Å². The number of nitrogens with zero attached hydrogens (tertiary/aromatic N) is 3. The monoisotopic (exact) mass is 440 g/mol. The summed E-state index contributed by atoms with van der Waals surface area (Å²) in [6.45, 7) is 4.01. The second-order valence-corrected chi connectivity index (χ2v) is 8.23. The quantitative estimate of drug-likeness (QED) is 0.605. The summed E-state index contributed by atoms with van der Waals surface area (Å²) in [4.78, 5) is 19.6. The molecule has 0 aliphatic carbocycles. The maximum Gasteiger partial charge on any atom is 0.241 e. The smallest absolute Gasteiger partial charge is 0.241 e. The number of carbonyl (C=O) groups is 1. The fraction of sp³-hybridized carbons (Fsp3) is 0.348. The van der Waals surface area contributed by atoms with Crippen molar-refractivity contribution in [2.24, 2.45) is 5.92 Å². The number of carbonyl (C=O) groups excluding carboxylic acids is 1. The first-order valence-corrected chi connectivity index (χ1v) is 10.7. The third-order valence-electron chi connectivity index (χ3n) is 5.40. The van der Waals surface area contributed by atoms with Crippen LogP contribution in [0.4, 0.5) is 5.69 Å². The first-order valence-electron chi connectivity index (χ1n) is 10.3. The van der Waals surface area contributed by atoms with Crippen LogP contribution < -0.4 is 10.1 Å². The van der Waals surface area contributed by atoms with Gasteiger partial charge in [0.2, 0.25) is 17.6 Å². The first kappa shape index (κ1) is 21.3. The lowest BCUT2D eigenvalue weighted by Gasteiger charge is -2.31. The average Bonchev–Trinajstić information content (AvgIpc) is 3.22. The van der Waals surface area contributed by atoms with Crippen molar-refractivity contribution in [3.05, 3.63) is 58.9 Å². The summed E-state index contributed by atoms with van der Waals surface area (Å²) in [5, 5.41) is 7.72. The molecular weight excluding hydrogens is 416 g/mol. The molecule has 7 nitrogen and oxygen atoms in total. The normalized spacial score (nSPS) is 16.8. The predicted octanol–water partition coefficient (Wildman–Crippen LogP) is 4.56. The van der Waals surface area contributed by atoms with E-state index in [1.54, 1.807) is 19.2 Å². The Morgan fingerprint density at radius 2 is 2.19 bits per heavy atom. The molecule has 0 radical (unpaired) electrons. The molecule has 1 saturated heterocycles. The number of ether oxygens (including phenoxy) is 1. The van der Waals surface area contributed by atoms with Crippen LogP contribution in [0.15, 0.2) is 47.0 Å². The maximum absolute atomic E-state index is 12.9. The second kappa shape index (κ2) is 9.49. The molecule has 1 aliphatic rings. The van der Waals surface area contributed by atoms with E-state index in [4.69, 9.17) is 20.9 Å². The number of aromatic nitrogens is 2. The van der Waals surface area contributed by atoms with Gasteiger partial charge in [0.05, 0.1) is 25.3 Å². The van der Waals surface area contributed by atoms with E-state index in [0.29, 0.717) is 41.3 Å². The molecule has 1 aliphatic heterocycles. The number of halogens is 1. The number of piperidine rings is 1. The summed E-state index contributed by atoms with van der Waals surface area (Å²) in [6, 6.07) is 13.1. The van der Waals surface area contributed by atoms with Crippen LogP contribution in [0, 0.1) is 12.8 Å². The third-order valence-corrected chi connectivity index (χ3v) is 5.63. The predicted molar refractivity (Wildman–Crippen MR) is 119 cm³/mol. The number of anilines is 1. The summed E-state index contributed by atoms with van der Waals surface area (Å²) in [7, 11) is 1.60. The van der Waals surface area contributed by atoms with E-state index in [-0.39, 0.29) is 11.8 Å². The standard InChI is InChI=1S/C23H25ClN4O3/c1-15-8-9-20(30-2)19(11-15)25-23(29)17-6-4-10-28(13-17)14-21-26-22(27-31-21)16-5-3-7-18(24)12-16/h3,5,7-9,11-12,17H,4,6,10,13-14H2,1-2H3,(H,25,29). The van der Waals surface area contributed by atoms with Gasteiger partial charge >= 0.3 is 0 Å². The number of hydrogen-bond acceptors (Lipinski definition) is 6. The number of methoxy groups -OCH3 is 1. The lowest BCUT2D eigenvalue weighted by Crippen LogP contribution is -2.40. The number of likely N-dealkylation sites (tertiary alicyclic amines) is 1. The highest BCUT2D eigenvalue weighted by atomic mass is 35.5. The van der Waals surface area contributed by atoms with Crippen molar-refractivity contribution in [3.8, 4) is 17.1 Å². The largest absolute Gasteiger partial charge is 0.495 e. The minimum absolute atomic E-state index is 0.00116. The summed E-state index contributed by atoms with van der Waals surface area (Å²) in [5.41, 5.74) is 2.58. The molecule has 1 unspecified atom stereocenters. The minimum Gasteiger partial charge on any atom is -0.495 e. The molecule has 3 aromatic rings. The van der Waals surface area contributed by atoms with Crippen molar-refractivity contribution >= 4 is 23.2 Å². The molecule has 0 saturated carbocycles. The van der Waals surface area contributed by atoms with Crippen molar-refractivity contribution in [2.45, 2.75) is 26.3 Å². The van der Waals surface area contributed by atoms with Crippen LogP contribution in [0.2, 0.25) is 5.02 Å². The molecule has 1 amide bonds. The molecular formula is C23H25ClN4O3. The van der Waals surface area contributed by atoms with E-state index in [2.05, 4.69) is 20.4 Å². The van der Waals surface area contributed by atoms with Crippen LogP contribution in [0.5, 0.6) is 5.75 Å². The summed E-state index contributed by atoms with van der Waals surface area (Å²) in [6.07, 6.45) is 1.77. The van der Waals surface area contributed by atoms with E-state index in [0.717, 1.165) is 30.5 Å². The molecule has 1 N–H and O–H groups in total. The lowest BCUT2D eigenvalue weighted by atomic mass is 9.97. The molecule has 1 atom stereocenters. The van der Waals surface area contributed by atoms with Gasteiger partial charge in [0.1, 0.15) is 5.75 Å². The highest BCUT2D eigenvalue weighted by Crippen LogP contribution is 2.27. The Kier molecular flexibility index (Phi) is 6.53. The fourth-order valence-corrected chi connectivity index (χ4v) is 4.01. The van der Waals surface area contributed by atoms with Gasteiger partial charge in [-0.3, -0.25) is 9.69 Å². The van der Waals surface area contributed by atoms with Gasteiger partial charge in [-0.15, -0.1) is 0 Å². The Morgan fingerprint density at radius 1 is 1.32 bits per heavy atom. The topological polar surface area (TPSA) is 80.5 Å². The van der Waals surface area contributed by atoms with Crippen LogP contribution in [-0.2, 0) is 11.3 Å². The van der Waals surface area contributed by atoms with E-state index >= 15 is 0 Å². The van der Waals surface area contributed by atoms with Gasteiger partial charge in [-0.2, -0.15) is 4.98 Å². The van der Waals surface area contributed by atoms with Crippen LogP contribution in [0.25, 0.3) is 11.4 Å².